The molecule has 0 rings (SSSR count). The number of rotatable bonds is 1. The van der Waals surface area contributed by atoms with Crippen LogP contribution in [-0.4, -0.2) is 11.1 Å². The molecule has 0 fully saturated rings. The molecule has 0 aliphatic rings. The van der Waals surface area contributed by atoms with Gasteiger partial charge in [-0.25, -0.2) is 0 Å². The van der Waals surface area contributed by atoms with Crippen LogP contribution >= 0.6 is 0 Å². The van der Waals surface area contributed by atoms with E-state index in [2.05, 4.69) is 0 Å². The van der Waals surface area contributed by atoms with Crippen LogP contribution in [0.4, 0.5) is 0 Å². The van der Waals surface area contributed by atoms with Crippen molar-refractivity contribution in [3.05, 3.63) is 0 Å². The van der Waals surface area contributed by atoms with Crippen molar-refractivity contribution in [2.75, 3.05) is 0 Å². The molecule has 0 heterocycles. The van der Waals surface area contributed by atoms with Crippen molar-refractivity contribution in [3.8, 4) is 0 Å². The molecule has 0 aromatic rings. The Hall–Kier alpha value is 0.353. The molecule has 0 aromatic heterocycles. The second-order valence-corrected chi connectivity index (χ2v) is 0.747. The second kappa shape index (κ2) is 5.35. The molecule has 0 amide bonds. The van der Waals surface area contributed by atoms with Crippen LogP contribution < -0.4 is 0 Å². The van der Waals surface area contributed by atoms with Crippen molar-refractivity contribution in [1.29, 1.82) is 0 Å². The van der Waals surface area contributed by atoms with Crippen LogP contribution in [0.1, 0.15) is 13.3 Å². The van der Waals surface area contributed by atoms with Crippen LogP contribution in [0.15, 0.2) is 0 Å². The first-order valence-corrected chi connectivity index (χ1v) is 1.49. The molecule has 3 heteroatoms. The number of hydrogen-bond acceptors (Lipinski definition) is 1. The average Bonchev–Trinajstić information content (AvgIpc) is 1.38. The van der Waals surface area contributed by atoms with E-state index in [-0.39, 0.29) is 32.6 Å². The molecule has 0 saturated heterocycles. The van der Waals surface area contributed by atoms with Gasteiger partial charge in [0.05, 0.1) is 0 Å². The molecular formula is C3H6O2Zr+2. The Labute approximate surface area is 55.7 Å². The van der Waals surface area contributed by atoms with Gasteiger partial charge in [-0.2, -0.15) is 0 Å². The van der Waals surface area contributed by atoms with E-state index in [1.165, 1.54) is 0 Å². The summed E-state index contributed by atoms with van der Waals surface area (Å²) >= 11 is 0. The Morgan fingerprint density at radius 3 is 2.00 bits per heavy atom. The summed E-state index contributed by atoms with van der Waals surface area (Å²) in [6.45, 7) is 1.60. The van der Waals surface area contributed by atoms with E-state index in [4.69, 9.17) is 5.11 Å². The molecule has 0 radical (unpaired) electrons. The number of aliphatic carboxylic acids is 1. The third-order valence-corrected chi connectivity index (χ3v) is 0.302. The van der Waals surface area contributed by atoms with E-state index in [1.807, 2.05) is 0 Å². The fraction of sp³-hybridized carbons (Fsp3) is 0.667. The van der Waals surface area contributed by atoms with E-state index in [9.17, 15) is 4.79 Å². The predicted octanol–water partition coefficient (Wildman–Crippen LogP) is 0.478. The number of carbonyl (C=O) groups is 1. The van der Waals surface area contributed by atoms with E-state index in [0.717, 1.165) is 0 Å². The fourth-order valence-electron chi connectivity index (χ4n) is 0. The van der Waals surface area contributed by atoms with Gasteiger partial charge in [0, 0.05) is 6.42 Å². The molecule has 0 saturated carbocycles. The monoisotopic (exact) mass is 164 g/mol. The molecule has 0 aliphatic carbocycles. The summed E-state index contributed by atoms with van der Waals surface area (Å²) in [4.78, 5) is 9.37. The first-order valence-electron chi connectivity index (χ1n) is 1.49. The van der Waals surface area contributed by atoms with Crippen LogP contribution in [0.3, 0.4) is 0 Å². The third kappa shape index (κ3) is 8.84. The van der Waals surface area contributed by atoms with Crippen LogP contribution in [0.2, 0.25) is 0 Å². The van der Waals surface area contributed by atoms with Gasteiger partial charge in [0.15, 0.2) is 0 Å². The summed E-state index contributed by atoms with van der Waals surface area (Å²) in [6, 6.07) is 0. The maximum Gasteiger partial charge on any atom is 2.00 e. The Bertz CT molecular complexity index is 44.1. The smallest absolute Gasteiger partial charge is 0.481 e. The number of carboxylic acid groups (broad SMARTS) is 1. The van der Waals surface area contributed by atoms with Gasteiger partial charge in [0.2, 0.25) is 0 Å². The summed E-state index contributed by atoms with van der Waals surface area (Å²) in [5, 5.41) is 7.72. The summed E-state index contributed by atoms with van der Waals surface area (Å²) in [5.41, 5.74) is 0. The Balaban J connectivity index is 0. The van der Waals surface area contributed by atoms with Gasteiger partial charge in [0.1, 0.15) is 0 Å². The van der Waals surface area contributed by atoms with Gasteiger partial charge in [0.25, 0.3) is 0 Å². The van der Waals surface area contributed by atoms with E-state index in [0.29, 0.717) is 0 Å². The minimum atomic E-state index is -0.745. The Morgan fingerprint density at radius 1 is 1.83 bits per heavy atom. The van der Waals surface area contributed by atoms with Crippen LogP contribution in [-0.2, 0) is 31.0 Å². The predicted molar refractivity (Wildman–Crippen MR) is 17.9 cm³/mol. The molecule has 1 N–H and O–H groups in total. The van der Waals surface area contributed by atoms with Crippen LogP contribution in [0, 0.1) is 0 Å². The molecular weight excluding hydrogens is 159 g/mol. The number of carboxylic acids is 1. The third-order valence-electron chi connectivity index (χ3n) is 0.302. The summed E-state index contributed by atoms with van der Waals surface area (Å²) in [7, 11) is 0. The van der Waals surface area contributed by atoms with Crippen molar-refractivity contribution in [2.45, 2.75) is 13.3 Å². The van der Waals surface area contributed by atoms with Crippen LogP contribution in [0.5, 0.6) is 0 Å². The molecule has 0 spiro atoms. The topological polar surface area (TPSA) is 37.3 Å². The van der Waals surface area contributed by atoms with Gasteiger partial charge >= 0.3 is 32.2 Å². The van der Waals surface area contributed by atoms with Crippen molar-refractivity contribution in [3.63, 3.8) is 0 Å². The van der Waals surface area contributed by atoms with E-state index in [1.54, 1.807) is 6.92 Å². The Kier molecular flexibility index (Phi) is 8.57. The largest absolute Gasteiger partial charge is 2.00 e. The maximum atomic E-state index is 9.37. The standard InChI is InChI=1S/C3H6O2.Zr/c1-2-3(4)5;/h2H2,1H3,(H,4,5);/q;+2. The summed E-state index contributed by atoms with van der Waals surface area (Å²) in [6.07, 6.45) is 0.222. The maximum absolute atomic E-state index is 9.37. The second-order valence-electron chi connectivity index (χ2n) is 0.747. The first kappa shape index (κ1) is 9.61. The normalized spacial score (nSPS) is 6.17. The molecule has 0 bridgehead atoms. The van der Waals surface area contributed by atoms with Crippen LogP contribution in [0.25, 0.3) is 0 Å². The molecule has 0 unspecified atom stereocenters. The molecule has 0 aliphatic heterocycles. The van der Waals surface area contributed by atoms with Crippen molar-refractivity contribution in [1.82, 2.24) is 0 Å². The molecule has 32 valence electrons. The molecule has 0 atom stereocenters. The van der Waals surface area contributed by atoms with Gasteiger partial charge < -0.3 is 5.11 Å². The minimum absolute atomic E-state index is 0. The van der Waals surface area contributed by atoms with Crippen molar-refractivity contribution in [2.24, 2.45) is 0 Å². The van der Waals surface area contributed by atoms with Gasteiger partial charge in [-0.1, -0.05) is 6.92 Å². The quantitative estimate of drug-likeness (QED) is 0.613. The van der Waals surface area contributed by atoms with Crippen molar-refractivity contribution < 1.29 is 36.1 Å². The van der Waals surface area contributed by atoms with Crippen molar-refractivity contribution >= 4 is 5.97 Å². The first-order chi connectivity index (χ1) is 2.27. The Morgan fingerprint density at radius 2 is 2.00 bits per heavy atom. The average molecular weight is 165 g/mol. The zero-order valence-corrected chi connectivity index (χ0v) is 6.02. The summed E-state index contributed by atoms with van der Waals surface area (Å²) < 4.78 is 0. The molecule has 6 heavy (non-hydrogen) atoms. The van der Waals surface area contributed by atoms with Gasteiger partial charge in [-0.3, -0.25) is 4.79 Å². The SMILES string of the molecule is CCC(=O)O.[Zr+2]. The minimum Gasteiger partial charge on any atom is -0.481 e. The van der Waals surface area contributed by atoms with E-state index < -0.39 is 5.97 Å². The summed E-state index contributed by atoms with van der Waals surface area (Å²) in [5.74, 6) is -0.745. The fourth-order valence-corrected chi connectivity index (χ4v) is 0. The van der Waals surface area contributed by atoms with Gasteiger partial charge in [-0.15, -0.1) is 0 Å². The van der Waals surface area contributed by atoms with Gasteiger partial charge in [-0.05, 0) is 0 Å². The molecule has 2 nitrogen and oxygen atoms in total. The zero-order chi connectivity index (χ0) is 4.28. The molecule has 0 aromatic carbocycles. The zero-order valence-electron chi connectivity index (χ0n) is 3.56. The van der Waals surface area contributed by atoms with E-state index >= 15 is 0 Å². The number of hydrogen-bond donors (Lipinski definition) is 1.